The van der Waals surface area contributed by atoms with Gasteiger partial charge in [0.05, 0.1) is 25.6 Å². The smallest absolute Gasteiger partial charge is 0.272 e. The van der Waals surface area contributed by atoms with Crippen molar-refractivity contribution in [2.45, 2.75) is 18.8 Å². The van der Waals surface area contributed by atoms with Crippen molar-refractivity contribution < 1.29 is 14.2 Å². The van der Waals surface area contributed by atoms with Gasteiger partial charge in [-0.2, -0.15) is 0 Å². The number of rotatable bonds is 4. The maximum absolute atomic E-state index is 12.6. The van der Waals surface area contributed by atoms with Crippen molar-refractivity contribution >= 4 is 5.65 Å². The molecule has 1 aromatic carbocycles. The Morgan fingerprint density at radius 2 is 1.96 bits per heavy atom. The van der Waals surface area contributed by atoms with Gasteiger partial charge in [0.1, 0.15) is 11.5 Å². The lowest BCUT2D eigenvalue weighted by atomic mass is 9.96. The Hall–Kier alpha value is -2.80. The van der Waals surface area contributed by atoms with E-state index in [9.17, 15) is 4.79 Å². The normalized spacial score (nSPS) is 15.3. The predicted octanol–water partition coefficient (Wildman–Crippen LogP) is 2.60. The molecule has 1 aliphatic rings. The molecule has 0 saturated carbocycles. The number of hydrogen-bond acceptors (Lipinski definition) is 5. The Labute approximate surface area is 150 Å². The minimum absolute atomic E-state index is 0.116. The lowest BCUT2D eigenvalue weighted by Crippen LogP contribution is -2.20. The van der Waals surface area contributed by atoms with Gasteiger partial charge in [-0.25, -0.2) is 9.50 Å². The van der Waals surface area contributed by atoms with Gasteiger partial charge >= 0.3 is 0 Å². The molecule has 0 amide bonds. The molecule has 0 bridgehead atoms. The molecule has 1 fully saturated rings. The van der Waals surface area contributed by atoms with Crippen LogP contribution in [0.4, 0.5) is 0 Å². The van der Waals surface area contributed by atoms with Gasteiger partial charge in [-0.3, -0.25) is 9.89 Å². The molecule has 0 aliphatic carbocycles. The van der Waals surface area contributed by atoms with Crippen molar-refractivity contribution in [2.75, 3.05) is 27.4 Å². The number of nitrogens with zero attached hydrogens (tertiary/aromatic N) is 2. The molecule has 26 heavy (non-hydrogen) atoms. The molecule has 136 valence electrons. The summed E-state index contributed by atoms with van der Waals surface area (Å²) >= 11 is 0. The lowest BCUT2D eigenvalue weighted by Gasteiger charge is -2.21. The van der Waals surface area contributed by atoms with Crippen LogP contribution in [-0.2, 0) is 4.74 Å². The Kier molecular flexibility index (Phi) is 4.38. The van der Waals surface area contributed by atoms with E-state index in [0.717, 1.165) is 29.8 Å². The van der Waals surface area contributed by atoms with Gasteiger partial charge in [0.15, 0.2) is 5.65 Å². The maximum atomic E-state index is 12.6. The van der Waals surface area contributed by atoms with Crippen LogP contribution in [0.25, 0.3) is 16.9 Å². The number of fused-ring (bicyclic) bond motifs is 1. The molecule has 0 spiro atoms. The first-order valence-corrected chi connectivity index (χ1v) is 8.62. The Morgan fingerprint density at radius 3 is 2.69 bits per heavy atom. The first kappa shape index (κ1) is 16.7. The largest absolute Gasteiger partial charge is 0.497 e. The van der Waals surface area contributed by atoms with E-state index in [1.807, 2.05) is 24.3 Å². The molecule has 0 atom stereocenters. The highest BCUT2D eigenvalue weighted by molar-refractivity contribution is 5.71. The van der Waals surface area contributed by atoms with Gasteiger partial charge < -0.3 is 14.2 Å². The van der Waals surface area contributed by atoms with E-state index in [1.54, 1.807) is 20.3 Å². The second-order valence-corrected chi connectivity index (χ2v) is 6.34. The quantitative estimate of drug-likeness (QED) is 0.778. The molecule has 1 saturated heterocycles. The SMILES string of the molecule is COc1ccc(-c2cc3nc(C4CCOCC4)cc(=O)n3[nH]2)c(OC)c1. The fourth-order valence-corrected chi connectivity index (χ4v) is 3.37. The van der Waals surface area contributed by atoms with E-state index in [2.05, 4.69) is 5.10 Å². The summed E-state index contributed by atoms with van der Waals surface area (Å²) in [5, 5.41) is 3.12. The second-order valence-electron chi connectivity index (χ2n) is 6.34. The van der Waals surface area contributed by atoms with Gasteiger partial charge in [-0.05, 0) is 25.0 Å². The second kappa shape index (κ2) is 6.84. The molecule has 4 rings (SSSR count). The van der Waals surface area contributed by atoms with Crippen LogP contribution in [-0.4, -0.2) is 42.0 Å². The van der Waals surface area contributed by atoms with Crippen LogP contribution in [0, 0.1) is 0 Å². The highest BCUT2D eigenvalue weighted by Crippen LogP contribution is 2.33. The number of aromatic amines is 1. The van der Waals surface area contributed by atoms with Gasteiger partial charge in [-0.15, -0.1) is 0 Å². The zero-order valence-corrected chi connectivity index (χ0v) is 14.8. The van der Waals surface area contributed by atoms with Gasteiger partial charge in [-0.1, -0.05) is 0 Å². The Morgan fingerprint density at radius 1 is 1.15 bits per heavy atom. The number of nitrogens with one attached hydrogen (secondary N) is 1. The summed E-state index contributed by atoms with van der Waals surface area (Å²) in [7, 11) is 3.22. The van der Waals surface area contributed by atoms with Crippen LogP contribution in [0.2, 0.25) is 0 Å². The van der Waals surface area contributed by atoms with Gasteiger partial charge in [0.2, 0.25) is 0 Å². The van der Waals surface area contributed by atoms with Gasteiger partial charge in [0.25, 0.3) is 5.56 Å². The Balaban J connectivity index is 1.78. The summed E-state index contributed by atoms with van der Waals surface area (Å²) in [6.45, 7) is 1.43. The molecule has 1 N–H and O–H groups in total. The highest BCUT2D eigenvalue weighted by Gasteiger charge is 2.19. The molecule has 3 heterocycles. The maximum Gasteiger partial charge on any atom is 0.272 e. The van der Waals surface area contributed by atoms with Gasteiger partial charge in [0, 0.05) is 42.9 Å². The summed E-state index contributed by atoms with van der Waals surface area (Å²) in [4.78, 5) is 17.3. The summed E-state index contributed by atoms with van der Waals surface area (Å²) in [5.74, 6) is 1.64. The minimum atomic E-state index is -0.116. The zero-order chi connectivity index (χ0) is 18.1. The van der Waals surface area contributed by atoms with Crippen molar-refractivity contribution in [3.8, 4) is 22.8 Å². The van der Waals surface area contributed by atoms with Crippen LogP contribution in [0.15, 0.2) is 35.1 Å². The van der Waals surface area contributed by atoms with E-state index in [1.165, 1.54) is 4.52 Å². The monoisotopic (exact) mass is 355 g/mol. The molecule has 7 heteroatoms. The number of H-pyrrole nitrogens is 1. The number of benzene rings is 1. The summed E-state index contributed by atoms with van der Waals surface area (Å²) in [6.07, 6.45) is 1.79. The van der Waals surface area contributed by atoms with E-state index in [0.29, 0.717) is 30.4 Å². The van der Waals surface area contributed by atoms with Crippen LogP contribution in [0.3, 0.4) is 0 Å². The molecule has 1 aliphatic heterocycles. The van der Waals surface area contributed by atoms with E-state index in [-0.39, 0.29) is 11.5 Å². The molecule has 2 aromatic heterocycles. The standard InChI is InChI=1S/C19H21N3O4/c1-24-13-3-4-14(17(9-13)25-2)16-10-18-20-15(11-19(23)22(18)21-16)12-5-7-26-8-6-12/h3-4,9-12,21H,5-8H2,1-2H3. The molecular weight excluding hydrogens is 334 g/mol. The zero-order valence-electron chi connectivity index (χ0n) is 14.8. The molecule has 7 nitrogen and oxygen atoms in total. The van der Waals surface area contributed by atoms with Crippen LogP contribution in [0.5, 0.6) is 11.5 Å². The topological polar surface area (TPSA) is 77.9 Å². The first-order chi connectivity index (χ1) is 12.7. The van der Waals surface area contributed by atoms with Crippen molar-refractivity contribution in [1.82, 2.24) is 14.6 Å². The van der Waals surface area contributed by atoms with Crippen molar-refractivity contribution in [1.29, 1.82) is 0 Å². The summed E-state index contributed by atoms with van der Waals surface area (Å²) < 4.78 is 17.6. The first-order valence-electron chi connectivity index (χ1n) is 8.62. The predicted molar refractivity (Wildman–Crippen MR) is 97.1 cm³/mol. The minimum Gasteiger partial charge on any atom is -0.497 e. The van der Waals surface area contributed by atoms with Crippen LogP contribution in [0.1, 0.15) is 24.5 Å². The number of methoxy groups -OCH3 is 2. The number of hydrogen-bond donors (Lipinski definition) is 1. The van der Waals surface area contributed by atoms with E-state index < -0.39 is 0 Å². The molecule has 0 unspecified atom stereocenters. The third kappa shape index (κ3) is 2.94. The van der Waals surface area contributed by atoms with Crippen molar-refractivity contribution in [3.63, 3.8) is 0 Å². The van der Waals surface area contributed by atoms with E-state index >= 15 is 0 Å². The van der Waals surface area contributed by atoms with Crippen LogP contribution < -0.4 is 15.0 Å². The molecule has 0 radical (unpaired) electrons. The summed E-state index contributed by atoms with van der Waals surface area (Å²) in [5.41, 5.74) is 2.93. The third-order valence-electron chi connectivity index (χ3n) is 4.81. The Bertz CT molecular complexity index is 986. The highest BCUT2D eigenvalue weighted by atomic mass is 16.5. The van der Waals surface area contributed by atoms with Crippen molar-refractivity contribution in [3.05, 3.63) is 46.4 Å². The van der Waals surface area contributed by atoms with E-state index in [4.69, 9.17) is 19.2 Å². The fraction of sp³-hybridized carbons (Fsp3) is 0.368. The number of ether oxygens (including phenoxy) is 3. The third-order valence-corrected chi connectivity index (χ3v) is 4.81. The molecule has 3 aromatic rings. The van der Waals surface area contributed by atoms with Crippen LogP contribution >= 0.6 is 0 Å². The lowest BCUT2D eigenvalue weighted by molar-refractivity contribution is 0.0845. The summed E-state index contributed by atoms with van der Waals surface area (Å²) in [6, 6.07) is 9.05. The fourth-order valence-electron chi connectivity index (χ4n) is 3.37. The van der Waals surface area contributed by atoms with Crippen molar-refractivity contribution in [2.24, 2.45) is 0 Å². The average Bonchev–Trinajstić information content (AvgIpc) is 3.12. The number of aromatic nitrogens is 3. The average molecular weight is 355 g/mol. The molecular formula is C19H21N3O4.